The molecular formula is C28H25N3O6. The Labute approximate surface area is 213 Å². The van der Waals surface area contributed by atoms with E-state index in [4.69, 9.17) is 19.9 Å². The Morgan fingerprint density at radius 1 is 1.08 bits per heavy atom. The number of esters is 1. The molecule has 0 bridgehead atoms. The van der Waals surface area contributed by atoms with Crippen LogP contribution in [0.3, 0.4) is 0 Å². The zero-order valence-electron chi connectivity index (χ0n) is 20.6. The third kappa shape index (κ3) is 5.54. The number of non-ortho nitro benzene ring substituents is 1. The number of carbonyl (C=O) groups is 1. The highest BCUT2D eigenvalue weighted by Crippen LogP contribution is 2.43. The molecule has 0 spiro atoms. The standard InChI is InChI=1S/C28H25N3O6/c1-28(2,3)18-6-4-17(5-7-18)26-22-13-12-21(14-24(22)37-27(30)23(26)15-29)36-25(32)16-35-20-10-8-19(9-11-20)31(33)34/h4-14,26H,16,30H2,1-3H3. The summed E-state index contributed by atoms with van der Waals surface area (Å²) >= 11 is 0. The Morgan fingerprint density at radius 3 is 2.32 bits per heavy atom. The van der Waals surface area contributed by atoms with Crippen LogP contribution in [0.25, 0.3) is 0 Å². The fourth-order valence-corrected chi connectivity index (χ4v) is 3.98. The summed E-state index contributed by atoms with van der Waals surface area (Å²) in [5.41, 5.74) is 9.07. The molecule has 1 aliphatic rings. The highest BCUT2D eigenvalue weighted by atomic mass is 16.6. The van der Waals surface area contributed by atoms with Gasteiger partial charge in [0.05, 0.1) is 10.8 Å². The average molecular weight is 500 g/mol. The van der Waals surface area contributed by atoms with Crippen molar-refractivity contribution in [1.29, 1.82) is 5.26 Å². The number of carbonyl (C=O) groups excluding carboxylic acids is 1. The Hall–Kier alpha value is -4.84. The molecule has 1 heterocycles. The first-order chi connectivity index (χ1) is 17.6. The van der Waals surface area contributed by atoms with Crippen molar-refractivity contribution in [2.24, 2.45) is 5.73 Å². The molecule has 4 rings (SSSR count). The number of nitro groups is 1. The molecule has 0 fully saturated rings. The quantitative estimate of drug-likeness (QED) is 0.214. The van der Waals surface area contributed by atoms with Crippen LogP contribution >= 0.6 is 0 Å². The van der Waals surface area contributed by atoms with E-state index < -0.39 is 23.4 Å². The lowest BCUT2D eigenvalue weighted by atomic mass is 9.81. The molecule has 3 aromatic rings. The highest BCUT2D eigenvalue weighted by Gasteiger charge is 2.31. The summed E-state index contributed by atoms with van der Waals surface area (Å²) < 4.78 is 16.4. The number of ether oxygens (including phenoxy) is 3. The zero-order chi connectivity index (χ0) is 26.7. The van der Waals surface area contributed by atoms with Gasteiger partial charge in [-0.1, -0.05) is 51.1 Å². The van der Waals surface area contributed by atoms with Gasteiger partial charge < -0.3 is 19.9 Å². The van der Waals surface area contributed by atoms with E-state index in [2.05, 4.69) is 26.8 Å². The fraction of sp³-hybridized carbons (Fsp3) is 0.214. The Morgan fingerprint density at radius 2 is 1.73 bits per heavy atom. The molecule has 3 aromatic carbocycles. The number of nitriles is 1. The normalized spacial score (nSPS) is 14.7. The van der Waals surface area contributed by atoms with E-state index in [1.165, 1.54) is 30.3 Å². The first-order valence-electron chi connectivity index (χ1n) is 11.5. The van der Waals surface area contributed by atoms with Crippen molar-refractivity contribution >= 4 is 11.7 Å². The van der Waals surface area contributed by atoms with Crippen LogP contribution in [-0.4, -0.2) is 17.5 Å². The van der Waals surface area contributed by atoms with E-state index in [9.17, 15) is 20.2 Å². The topological polar surface area (TPSA) is 138 Å². The molecule has 0 saturated heterocycles. The Bertz CT molecular complexity index is 1410. The van der Waals surface area contributed by atoms with Gasteiger partial charge in [-0.25, -0.2) is 4.79 Å². The molecule has 0 saturated carbocycles. The van der Waals surface area contributed by atoms with Crippen molar-refractivity contribution in [2.45, 2.75) is 32.1 Å². The summed E-state index contributed by atoms with van der Waals surface area (Å²) in [5, 5.41) is 20.5. The number of benzene rings is 3. The van der Waals surface area contributed by atoms with E-state index in [1.807, 2.05) is 24.3 Å². The highest BCUT2D eigenvalue weighted by molar-refractivity contribution is 5.74. The Balaban J connectivity index is 1.51. The molecule has 1 atom stereocenters. The summed E-state index contributed by atoms with van der Waals surface area (Å²) in [6.45, 7) is 5.98. The summed E-state index contributed by atoms with van der Waals surface area (Å²) in [6, 6.07) is 20.4. The van der Waals surface area contributed by atoms with Gasteiger partial charge in [-0.3, -0.25) is 10.1 Å². The van der Waals surface area contributed by atoms with Gasteiger partial charge in [-0.15, -0.1) is 0 Å². The molecule has 9 nitrogen and oxygen atoms in total. The largest absolute Gasteiger partial charge is 0.482 e. The maximum atomic E-state index is 12.3. The maximum absolute atomic E-state index is 12.3. The molecular weight excluding hydrogens is 474 g/mol. The molecule has 1 unspecified atom stereocenters. The number of nitrogens with two attached hydrogens (primary N) is 1. The average Bonchev–Trinajstić information content (AvgIpc) is 2.86. The zero-order valence-corrected chi connectivity index (χ0v) is 20.6. The second kappa shape index (κ2) is 10.0. The van der Waals surface area contributed by atoms with Gasteiger partial charge in [0.25, 0.3) is 5.69 Å². The van der Waals surface area contributed by atoms with E-state index >= 15 is 0 Å². The molecule has 0 amide bonds. The maximum Gasteiger partial charge on any atom is 0.349 e. The lowest BCUT2D eigenvalue weighted by Crippen LogP contribution is -2.22. The Kier molecular flexibility index (Phi) is 6.85. The van der Waals surface area contributed by atoms with Crippen LogP contribution in [0.2, 0.25) is 0 Å². The van der Waals surface area contributed by atoms with Crippen molar-refractivity contribution in [2.75, 3.05) is 6.61 Å². The van der Waals surface area contributed by atoms with Crippen LogP contribution in [0.1, 0.15) is 43.4 Å². The summed E-state index contributed by atoms with van der Waals surface area (Å²) in [5.74, 6) is -0.236. The SMILES string of the molecule is CC(C)(C)c1ccc(C2C(C#N)=C(N)Oc3cc(OC(=O)COc4ccc([N+](=O)[O-])cc4)ccc32)cc1. The molecule has 1 aliphatic heterocycles. The van der Waals surface area contributed by atoms with Crippen molar-refractivity contribution in [3.8, 4) is 23.3 Å². The van der Waals surface area contributed by atoms with E-state index in [0.717, 1.165) is 16.7 Å². The fourth-order valence-electron chi connectivity index (χ4n) is 3.98. The third-order valence-corrected chi connectivity index (χ3v) is 5.94. The summed E-state index contributed by atoms with van der Waals surface area (Å²) in [7, 11) is 0. The van der Waals surface area contributed by atoms with E-state index in [0.29, 0.717) is 17.1 Å². The molecule has 37 heavy (non-hydrogen) atoms. The minimum atomic E-state index is -0.676. The van der Waals surface area contributed by atoms with Gasteiger partial charge in [-0.2, -0.15) is 5.26 Å². The lowest BCUT2D eigenvalue weighted by Gasteiger charge is -2.27. The van der Waals surface area contributed by atoms with Crippen LogP contribution < -0.4 is 19.9 Å². The predicted octanol–water partition coefficient (Wildman–Crippen LogP) is 5.09. The summed E-state index contributed by atoms with van der Waals surface area (Å²) in [4.78, 5) is 22.5. The third-order valence-electron chi connectivity index (χ3n) is 5.94. The lowest BCUT2D eigenvalue weighted by molar-refractivity contribution is -0.384. The van der Waals surface area contributed by atoms with Crippen molar-refractivity contribution in [1.82, 2.24) is 0 Å². The van der Waals surface area contributed by atoms with Gasteiger partial charge in [0, 0.05) is 23.8 Å². The first kappa shape index (κ1) is 25.3. The number of nitrogens with zero attached hydrogens (tertiary/aromatic N) is 2. The van der Waals surface area contributed by atoms with Crippen LogP contribution in [0.15, 0.2) is 78.2 Å². The number of allylic oxidation sites excluding steroid dienone is 1. The smallest absolute Gasteiger partial charge is 0.349 e. The first-order valence-corrected chi connectivity index (χ1v) is 11.5. The molecule has 0 radical (unpaired) electrons. The number of hydrogen-bond acceptors (Lipinski definition) is 8. The van der Waals surface area contributed by atoms with Gasteiger partial charge >= 0.3 is 5.97 Å². The number of fused-ring (bicyclic) bond motifs is 1. The number of rotatable bonds is 6. The van der Waals surface area contributed by atoms with Crippen molar-refractivity contribution in [3.63, 3.8) is 0 Å². The van der Waals surface area contributed by atoms with Crippen LogP contribution in [-0.2, 0) is 10.2 Å². The van der Waals surface area contributed by atoms with E-state index in [-0.39, 0.29) is 22.7 Å². The second-order valence-electron chi connectivity index (χ2n) is 9.51. The predicted molar refractivity (Wildman–Crippen MR) is 135 cm³/mol. The van der Waals surface area contributed by atoms with Crippen molar-refractivity contribution in [3.05, 3.63) is 105 Å². The van der Waals surface area contributed by atoms with Gasteiger partial charge in [0.1, 0.15) is 28.9 Å². The van der Waals surface area contributed by atoms with Gasteiger partial charge in [0.15, 0.2) is 6.61 Å². The second-order valence-corrected chi connectivity index (χ2v) is 9.51. The van der Waals surface area contributed by atoms with Gasteiger partial charge in [0.2, 0.25) is 5.88 Å². The van der Waals surface area contributed by atoms with Crippen LogP contribution in [0.4, 0.5) is 5.69 Å². The van der Waals surface area contributed by atoms with E-state index in [1.54, 1.807) is 12.1 Å². The molecule has 2 N–H and O–H groups in total. The minimum absolute atomic E-state index is 0.00937. The molecule has 0 aliphatic carbocycles. The molecule has 0 aromatic heterocycles. The van der Waals surface area contributed by atoms with Crippen LogP contribution in [0.5, 0.6) is 17.2 Å². The monoisotopic (exact) mass is 499 g/mol. The van der Waals surface area contributed by atoms with Crippen molar-refractivity contribution < 1.29 is 23.9 Å². The van der Waals surface area contributed by atoms with Gasteiger partial charge in [-0.05, 0) is 34.7 Å². The number of nitro benzene ring substituents is 1. The van der Waals surface area contributed by atoms with Crippen LogP contribution in [0, 0.1) is 21.4 Å². The summed E-state index contributed by atoms with van der Waals surface area (Å²) in [6.07, 6.45) is 0. The minimum Gasteiger partial charge on any atom is -0.482 e. The molecule has 188 valence electrons. The molecule has 9 heteroatoms. The number of hydrogen-bond donors (Lipinski definition) is 1.